The first-order valence-electron chi connectivity index (χ1n) is 8.61. The standard InChI is InChI=1S/C6H6N.3C4H9.Sn/c1-6-4-2-3-5-7-6;3*1-3-4-2;/h2,4-5H,1H3;3*1,3-4H2,2H3;. The molecule has 1 aromatic heterocycles. The van der Waals surface area contributed by atoms with E-state index in [0.717, 1.165) is 5.69 Å². The average molecular weight is 382 g/mol. The summed E-state index contributed by atoms with van der Waals surface area (Å²) in [6, 6.07) is 4.67. The van der Waals surface area contributed by atoms with E-state index in [9.17, 15) is 0 Å². The first-order chi connectivity index (χ1) is 9.68. The summed E-state index contributed by atoms with van der Waals surface area (Å²) in [4.78, 5) is 4.62. The fraction of sp³-hybridized carbons (Fsp3) is 0.722. The number of pyridine rings is 1. The van der Waals surface area contributed by atoms with E-state index in [0.29, 0.717) is 0 Å². The van der Waals surface area contributed by atoms with Crippen molar-refractivity contribution in [2.75, 3.05) is 0 Å². The maximum atomic E-state index is 4.62. The Kier molecular flexibility index (Phi) is 8.83. The predicted octanol–water partition coefficient (Wildman–Crippen LogP) is 5.45. The Hall–Kier alpha value is -0.0513. The van der Waals surface area contributed by atoms with Gasteiger partial charge in [0.25, 0.3) is 0 Å². The second-order valence-electron chi connectivity index (χ2n) is 6.28. The molecule has 0 aromatic carbocycles. The van der Waals surface area contributed by atoms with Gasteiger partial charge in [0.05, 0.1) is 0 Å². The molecule has 1 heterocycles. The second-order valence-corrected chi connectivity index (χ2v) is 19.5. The van der Waals surface area contributed by atoms with Crippen LogP contribution in [0.3, 0.4) is 0 Å². The van der Waals surface area contributed by atoms with Gasteiger partial charge < -0.3 is 0 Å². The molecule has 0 aliphatic heterocycles. The third-order valence-corrected chi connectivity index (χ3v) is 20.1. The zero-order valence-electron chi connectivity index (χ0n) is 14.0. The third-order valence-electron chi connectivity index (χ3n) is 4.55. The second kappa shape index (κ2) is 9.81. The van der Waals surface area contributed by atoms with E-state index in [2.05, 4.69) is 51.0 Å². The van der Waals surface area contributed by atoms with Crippen molar-refractivity contribution >= 4 is 22.0 Å². The number of hydrogen-bond donors (Lipinski definition) is 0. The molecule has 0 radical (unpaired) electrons. The van der Waals surface area contributed by atoms with E-state index >= 15 is 0 Å². The SMILES string of the molecule is CCC[CH2][Sn]([CH2]CCC)([CH2]CCC)[c]1ccc(C)nc1. The average Bonchev–Trinajstić information content (AvgIpc) is 2.48. The van der Waals surface area contributed by atoms with Gasteiger partial charge >= 0.3 is 130 Å². The summed E-state index contributed by atoms with van der Waals surface area (Å²) in [6.07, 6.45) is 10.6. The van der Waals surface area contributed by atoms with Crippen LogP contribution in [0.1, 0.15) is 65.0 Å². The molecule has 0 aliphatic carbocycles. The Balaban J connectivity index is 3.00. The summed E-state index contributed by atoms with van der Waals surface area (Å²) in [5, 5.41) is 0. The van der Waals surface area contributed by atoms with Crippen molar-refractivity contribution in [2.45, 2.75) is 79.5 Å². The van der Waals surface area contributed by atoms with Gasteiger partial charge in [-0.25, -0.2) is 0 Å². The van der Waals surface area contributed by atoms with Crippen LogP contribution in [0.4, 0.5) is 0 Å². The van der Waals surface area contributed by atoms with E-state index in [1.807, 2.05) is 0 Å². The zero-order chi connectivity index (χ0) is 14.8. The Bertz CT molecular complexity index is 336. The fourth-order valence-electron chi connectivity index (χ4n) is 3.14. The Morgan fingerprint density at radius 2 is 1.35 bits per heavy atom. The quantitative estimate of drug-likeness (QED) is 0.491. The first kappa shape index (κ1) is 18.0. The number of hydrogen-bond acceptors (Lipinski definition) is 1. The molecule has 0 atom stereocenters. The van der Waals surface area contributed by atoms with Crippen molar-refractivity contribution in [1.29, 1.82) is 0 Å². The van der Waals surface area contributed by atoms with Crippen LogP contribution < -0.4 is 3.58 Å². The van der Waals surface area contributed by atoms with Crippen LogP contribution in [0.25, 0.3) is 0 Å². The van der Waals surface area contributed by atoms with Crippen molar-refractivity contribution in [1.82, 2.24) is 4.98 Å². The minimum absolute atomic E-state index is 1.16. The molecule has 0 N–H and O–H groups in total. The molecule has 0 aliphatic rings. The molecule has 2 heteroatoms. The molecule has 114 valence electrons. The molecule has 1 nitrogen and oxygen atoms in total. The molecule has 0 unspecified atom stereocenters. The third kappa shape index (κ3) is 5.38. The molecular formula is C18H33NSn. The summed E-state index contributed by atoms with van der Waals surface area (Å²) < 4.78 is 6.31. The van der Waals surface area contributed by atoms with Crippen LogP contribution in [0, 0.1) is 6.92 Å². The van der Waals surface area contributed by atoms with E-state index in [-0.39, 0.29) is 0 Å². The van der Waals surface area contributed by atoms with Crippen LogP contribution in [0.5, 0.6) is 0 Å². The van der Waals surface area contributed by atoms with E-state index in [1.165, 1.54) is 51.8 Å². The summed E-state index contributed by atoms with van der Waals surface area (Å²) in [5.41, 5.74) is 1.16. The normalized spacial score (nSPS) is 11.8. The van der Waals surface area contributed by atoms with Gasteiger partial charge in [0.2, 0.25) is 0 Å². The predicted molar refractivity (Wildman–Crippen MR) is 93.5 cm³/mol. The topological polar surface area (TPSA) is 12.9 Å². The van der Waals surface area contributed by atoms with Crippen LogP contribution in [-0.2, 0) is 0 Å². The molecule has 0 amide bonds. The van der Waals surface area contributed by atoms with Crippen molar-refractivity contribution in [2.24, 2.45) is 0 Å². The van der Waals surface area contributed by atoms with Gasteiger partial charge in [-0.05, 0) is 0 Å². The van der Waals surface area contributed by atoms with Crippen LogP contribution >= 0.6 is 0 Å². The number of aryl methyl sites for hydroxylation is 1. The Morgan fingerprint density at radius 1 is 0.850 bits per heavy atom. The van der Waals surface area contributed by atoms with Crippen molar-refractivity contribution in [3.05, 3.63) is 24.0 Å². The van der Waals surface area contributed by atoms with Gasteiger partial charge in [0.15, 0.2) is 0 Å². The van der Waals surface area contributed by atoms with E-state index in [1.54, 1.807) is 3.58 Å². The fourth-order valence-corrected chi connectivity index (χ4v) is 18.8. The number of nitrogens with zero attached hydrogens (tertiary/aromatic N) is 1. The van der Waals surface area contributed by atoms with Gasteiger partial charge in [-0.1, -0.05) is 0 Å². The van der Waals surface area contributed by atoms with Gasteiger partial charge in [-0.2, -0.15) is 0 Å². The van der Waals surface area contributed by atoms with Gasteiger partial charge in [-0.15, -0.1) is 0 Å². The molecule has 1 rings (SSSR count). The molecule has 0 saturated carbocycles. The minimum atomic E-state index is -2.19. The van der Waals surface area contributed by atoms with Crippen molar-refractivity contribution in [3.63, 3.8) is 0 Å². The van der Waals surface area contributed by atoms with E-state index in [4.69, 9.17) is 0 Å². The van der Waals surface area contributed by atoms with Crippen LogP contribution in [0.15, 0.2) is 18.3 Å². The molecule has 0 saturated heterocycles. The first-order valence-corrected chi connectivity index (χ1v) is 16.1. The van der Waals surface area contributed by atoms with Gasteiger partial charge in [0, 0.05) is 0 Å². The Labute approximate surface area is 130 Å². The van der Waals surface area contributed by atoms with Gasteiger partial charge in [0.1, 0.15) is 0 Å². The summed E-state index contributed by atoms with van der Waals surface area (Å²) in [5.74, 6) is 0. The van der Waals surface area contributed by atoms with Crippen LogP contribution in [0.2, 0.25) is 13.3 Å². The summed E-state index contributed by atoms with van der Waals surface area (Å²) >= 11 is -2.19. The summed E-state index contributed by atoms with van der Waals surface area (Å²) in [7, 11) is 0. The molecule has 0 bridgehead atoms. The number of unbranched alkanes of at least 4 members (excludes halogenated alkanes) is 3. The monoisotopic (exact) mass is 383 g/mol. The molecule has 20 heavy (non-hydrogen) atoms. The van der Waals surface area contributed by atoms with Gasteiger partial charge in [-0.3, -0.25) is 0 Å². The van der Waals surface area contributed by atoms with E-state index < -0.39 is 18.4 Å². The van der Waals surface area contributed by atoms with Crippen LogP contribution in [-0.4, -0.2) is 23.4 Å². The number of aromatic nitrogens is 1. The number of rotatable bonds is 10. The zero-order valence-corrected chi connectivity index (χ0v) is 16.9. The molecule has 0 fully saturated rings. The van der Waals surface area contributed by atoms with Crippen molar-refractivity contribution in [3.8, 4) is 0 Å². The molecule has 0 spiro atoms. The molecule has 1 aromatic rings. The summed E-state index contributed by atoms with van der Waals surface area (Å²) in [6.45, 7) is 9.11. The Morgan fingerprint density at radius 3 is 1.70 bits per heavy atom. The molecular weight excluding hydrogens is 349 g/mol. The van der Waals surface area contributed by atoms with Crippen molar-refractivity contribution < 1.29 is 0 Å². The maximum absolute atomic E-state index is 4.62.